The molecule has 2 rings (SSSR count). The van der Waals surface area contributed by atoms with E-state index in [0.29, 0.717) is 11.8 Å². The summed E-state index contributed by atoms with van der Waals surface area (Å²) in [6, 6.07) is 8.05. The van der Waals surface area contributed by atoms with Crippen molar-refractivity contribution in [2.75, 3.05) is 12.4 Å². The normalized spacial score (nSPS) is 23.2. The standard InChI is InChI=1S/C19H27NO5S/c1-14-7-6-10-17(15(14)2)20-18(21)13-25-19(22)11-12-26(23,24)16-8-4-3-5-9-16/h3-5,8-9,14-15,17H,6-7,10-13H2,1-2H3,(H,20,21)/t14-,15+,17-/m0/s1. The van der Waals surface area contributed by atoms with Gasteiger partial charge in [0.2, 0.25) is 0 Å². The Kier molecular flexibility index (Phi) is 7.20. The van der Waals surface area contributed by atoms with E-state index in [0.717, 1.165) is 12.8 Å². The number of sulfone groups is 1. The highest BCUT2D eigenvalue weighted by Gasteiger charge is 2.28. The van der Waals surface area contributed by atoms with Crippen molar-refractivity contribution < 1.29 is 22.7 Å². The van der Waals surface area contributed by atoms with Gasteiger partial charge in [0.05, 0.1) is 17.1 Å². The lowest BCUT2D eigenvalue weighted by molar-refractivity contribution is -0.148. The van der Waals surface area contributed by atoms with E-state index >= 15 is 0 Å². The highest BCUT2D eigenvalue weighted by molar-refractivity contribution is 7.91. The maximum absolute atomic E-state index is 12.1. The van der Waals surface area contributed by atoms with Crippen LogP contribution in [0.3, 0.4) is 0 Å². The maximum atomic E-state index is 12.1. The van der Waals surface area contributed by atoms with Gasteiger partial charge in [-0.25, -0.2) is 8.42 Å². The minimum Gasteiger partial charge on any atom is -0.456 e. The number of ether oxygens (including phenoxy) is 1. The Morgan fingerprint density at radius 1 is 1.15 bits per heavy atom. The van der Waals surface area contributed by atoms with Gasteiger partial charge in [-0.2, -0.15) is 0 Å². The van der Waals surface area contributed by atoms with Gasteiger partial charge in [-0.05, 0) is 30.4 Å². The zero-order valence-corrected chi connectivity index (χ0v) is 16.1. The number of amides is 1. The molecule has 1 aliphatic rings. The molecule has 7 heteroatoms. The van der Waals surface area contributed by atoms with Gasteiger partial charge in [-0.15, -0.1) is 0 Å². The second kappa shape index (κ2) is 9.16. The summed E-state index contributed by atoms with van der Waals surface area (Å²) in [5.74, 6) is -0.423. The van der Waals surface area contributed by atoms with Crippen LogP contribution in [0.4, 0.5) is 0 Å². The van der Waals surface area contributed by atoms with Crippen LogP contribution in [-0.4, -0.2) is 38.7 Å². The van der Waals surface area contributed by atoms with E-state index in [-0.39, 0.29) is 35.6 Å². The van der Waals surface area contributed by atoms with Gasteiger partial charge in [0, 0.05) is 6.04 Å². The molecule has 0 heterocycles. The lowest BCUT2D eigenvalue weighted by Crippen LogP contribution is -2.45. The number of hydrogen-bond acceptors (Lipinski definition) is 5. The van der Waals surface area contributed by atoms with Crippen LogP contribution in [0.25, 0.3) is 0 Å². The van der Waals surface area contributed by atoms with Crippen molar-refractivity contribution in [2.24, 2.45) is 11.8 Å². The van der Waals surface area contributed by atoms with Crippen LogP contribution in [0.15, 0.2) is 35.2 Å². The molecule has 0 aliphatic heterocycles. The Morgan fingerprint density at radius 2 is 1.85 bits per heavy atom. The van der Waals surface area contributed by atoms with Gasteiger partial charge in [0.1, 0.15) is 0 Å². The molecular weight excluding hydrogens is 354 g/mol. The molecule has 0 radical (unpaired) electrons. The first kappa shape index (κ1) is 20.4. The van der Waals surface area contributed by atoms with E-state index in [9.17, 15) is 18.0 Å². The monoisotopic (exact) mass is 381 g/mol. The molecule has 3 atom stereocenters. The van der Waals surface area contributed by atoms with Gasteiger partial charge >= 0.3 is 5.97 Å². The van der Waals surface area contributed by atoms with Gasteiger partial charge in [-0.3, -0.25) is 9.59 Å². The molecular formula is C19H27NO5S. The second-order valence-corrected chi connectivity index (χ2v) is 9.09. The van der Waals surface area contributed by atoms with Crippen LogP contribution in [0.2, 0.25) is 0 Å². The highest BCUT2D eigenvalue weighted by Crippen LogP contribution is 2.29. The van der Waals surface area contributed by atoms with Crippen LogP contribution in [-0.2, 0) is 24.2 Å². The maximum Gasteiger partial charge on any atom is 0.307 e. The summed E-state index contributed by atoms with van der Waals surface area (Å²) < 4.78 is 29.2. The van der Waals surface area contributed by atoms with E-state index in [4.69, 9.17) is 4.74 Å². The van der Waals surface area contributed by atoms with Crippen molar-refractivity contribution in [3.8, 4) is 0 Å². The van der Waals surface area contributed by atoms with Crippen LogP contribution in [0, 0.1) is 11.8 Å². The summed E-state index contributed by atoms with van der Waals surface area (Å²) in [6.07, 6.45) is 2.90. The fraction of sp³-hybridized carbons (Fsp3) is 0.579. The van der Waals surface area contributed by atoms with E-state index in [1.807, 2.05) is 0 Å². The first-order valence-corrected chi connectivity index (χ1v) is 10.7. The van der Waals surface area contributed by atoms with Crippen molar-refractivity contribution >= 4 is 21.7 Å². The van der Waals surface area contributed by atoms with Crippen LogP contribution in [0.5, 0.6) is 0 Å². The Bertz CT molecular complexity index is 717. The topological polar surface area (TPSA) is 89.5 Å². The molecule has 1 aromatic rings. The van der Waals surface area contributed by atoms with Crippen molar-refractivity contribution in [1.82, 2.24) is 5.32 Å². The fourth-order valence-corrected chi connectivity index (χ4v) is 4.46. The van der Waals surface area contributed by atoms with E-state index < -0.39 is 15.8 Å². The summed E-state index contributed by atoms with van der Waals surface area (Å²) >= 11 is 0. The minimum absolute atomic E-state index is 0.100. The first-order valence-electron chi connectivity index (χ1n) is 9.02. The molecule has 0 unspecified atom stereocenters. The number of rotatable bonds is 7. The van der Waals surface area contributed by atoms with Crippen molar-refractivity contribution in [2.45, 2.75) is 50.5 Å². The summed E-state index contributed by atoms with van der Waals surface area (Å²) in [7, 11) is -3.53. The van der Waals surface area contributed by atoms with Crippen molar-refractivity contribution in [1.29, 1.82) is 0 Å². The number of esters is 1. The zero-order valence-electron chi connectivity index (χ0n) is 15.3. The Hall–Kier alpha value is -1.89. The largest absolute Gasteiger partial charge is 0.456 e. The molecule has 0 bridgehead atoms. The van der Waals surface area contributed by atoms with E-state index in [1.165, 1.54) is 18.6 Å². The number of hydrogen-bond donors (Lipinski definition) is 1. The third-order valence-electron chi connectivity index (χ3n) is 5.09. The second-order valence-electron chi connectivity index (χ2n) is 6.98. The quantitative estimate of drug-likeness (QED) is 0.732. The van der Waals surface area contributed by atoms with Crippen LogP contribution >= 0.6 is 0 Å². The zero-order chi connectivity index (χ0) is 19.2. The molecule has 26 heavy (non-hydrogen) atoms. The third-order valence-corrected chi connectivity index (χ3v) is 6.83. The molecule has 0 aromatic heterocycles. The fourth-order valence-electron chi connectivity index (χ4n) is 3.22. The highest BCUT2D eigenvalue weighted by atomic mass is 32.2. The molecule has 6 nitrogen and oxygen atoms in total. The number of nitrogens with one attached hydrogen (secondary N) is 1. The molecule has 1 saturated carbocycles. The lowest BCUT2D eigenvalue weighted by atomic mass is 9.78. The van der Waals surface area contributed by atoms with Gasteiger partial charge < -0.3 is 10.1 Å². The molecule has 1 amide bonds. The smallest absolute Gasteiger partial charge is 0.307 e. The average molecular weight is 381 g/mol. The van der Waals surface area contributed by atoms with Crippen molar-refractivity contribution in [3.63, 3.8) is 0 Å². The summed E-state index contributed by atoms with van der Waals surface area (Å²) in [5.41, 5.74) is 0. The molecule has 1 aromatic carbocycles. The van der Waals surface area contributed by atoms with Gasteiger partial charge in [0.25, 0.3) is 5.91 Å². The molecule has 1 N–H and O–H groups in total. The Morgan fingerprint density at radius 3 is 2.54 bits per heavy atom. The SMILES string of the molecule is C[C@H]1[C@@H](NC(=O)COC(=O)CCS(=O)(=O)c2ccccc2)CCC[C@@H]1C. The Labute approximate surface area is 155 Å². The number of carbonyl (C=O) groups is 2. The van der Waals surface area contributed by atoms with Crippen molar-refractivity contribution in [3.05, 3.63) is 30.3 Å². The molecule has 0 saturated heterocycles. The predicted molar refractivity (Wildman–Crippen MR) is 98.2 cm³/mol. The summed E-state index contributed by atoms with van der Waals surface area (Å²) in [4.78, 5) is 23.9. The van der Waals surface area contributed by atoms with E-state index in [1.54, 1.807) is 18.2 Å². The summed E-state index contributed by atoms with van der Waals surface area (Å²) in [6.45, 7) is 3.92. The predicted octanol–water partition coefficient (Wildman–Crippen LogP) is 2.33. The van der Waals surface area contributed by atoms with E-state index in [2.05, 4.69) is 19.2 Å². The Balaban J connectivity index is 1.74. The third kappa shape index (κ3) is 5.83. The molecule has 144 valence electrons. The van der Waals surface area contributed by atoms with Gasteiger partial charge in [-0.1, -0.05) is 44.9 Å². The first-order chi connectivity index (χ1) is 12.3. The van der Waals surface area contributed by atoms with Crippen LogP contribution in [0.1, 0.15) is 39.5 Å². The molecule has 1 fully saturated rings. The number of benzene rings is 1. The minimum atomic E-state index is -3.53. The molecule has 1 aliphatic carbocycles. The summed E-state index contributed by atoms with van der Waals surface area (Å²) in [5, 5.41) is 2.92. The molecule has 0 spiro atoms. The van der Waals surface area contributed by atoms with Crippen LogP contribution < -0.4 is 5.32 Å². The number of carbonyl (C=O) groups excluding carboxylic acids is 2. The average Bonchev–Trinajstić information content (AvgIpc) is 2.63. The van der Waals surface area contributed by atoms with Gasteiger partial charge in [0.15, 0.2) is 16.4 Å². The lowest BCUT2D eigenvalue weighted by Gasteiger charge is -2.34.